The van der Waals surface area contributed by atoms with Crippen LogP contribution in [0.4, 0.5) is 0 Å². The minimum atomic E-state index is -0.456. The number of nitrogens with zero attached hydrogens (tertiary/aromatic N) is 1. The van der Waals surface area contributed by atoms with Crippen molar-refractivity contribution in [1.29, 1.82) is 0 Å². The zero-order chi connectivity index (χ0) is 20.0. The van der Waals surface area contributed by atoms with Gasteiger partial charge in [-0.25, -0.2) is 4.98 Å². The molecular weight excluding hydrogens is 361 g/mol. The molecule has 0 aliphatic carbocycles. The summed E-state index contributed by atoms with van der Waals surface area (Å²) < 4.78 is 18.7. The van der Waals surface area contributed by atoms with Crippen LogP contribution in [0.2, 0.25) is 0 Å². The highest BCUT2D eigenvalue weighted by Gasteiger charge is 2.51. The third-order valence-electron chi connectivity index (χ3n) is 4.94. The number of hydrogen-bond acceptors (Lipinski definition) is 6. The van der Waals surface area contributed by atoms with E-state index >= 15 is 0 Å². The molecule has 1 fully saturated rings. The molecule has 1 aromatic carbocycles. The Balaban J connectivity index is 1.71. The van der Waals surface area contributed by atoms with Gasteiger partial charge in [-0.1, -0.05) is 6.07 Å². The van der Waals surface area contributed by atoms with Crippen molar-refractivity contribution in [2.45, 2.75) is 78.1 Å². The Hall–Kier alpha value is -1.44. The summed E-state index contributed by atoms with van der Waals surface area (Å²) in [6.07, 6.45) is 0.918. The van der Waals surface area contributed by atoms with Gasteiger partial charge in [0.1, 0.15) is 5.60 Å². The Kier molecular flexibility index (Phi) is 5.16. The molecular formula is C20H28BNO4S. The summed E-state index contributed by atoms with van der Waals surface area (Å²) in [7, 11) is -0.397. The fraction of sp³-hybridized carbons (Fsp3) is 0.600. The number of hydrogen-bond donors (Lipinski definition) is 0. The monoisotopic (exact) mass is 389 g/mol. The molecule has 0 radical (unpaired) electrons. The SMILES string of the molecule is CC(C)(C)OC(=O)CCc1nc2cc(B3OC(C)(C)C(C)(C)O3)ccc2s1. The first-order valence-corrected chi connectivity index (χ1v) is 10.1. The number of fused-ring (bicyclic) bond motifs is 1. The molecule has 2 aromatic rings. The van der Waals surface area contributed by atoms with Crippen molar-refractivity contribution in [2.75, 3.05) is 0 Å². The van der Waals surface area contributed by atoms with Gasteiger partial charge in [-0.15, -0.1) is 11.3 Å². The van der Waals surface area contributed by atoms with Crippen LogP contribution < -0.4 is 5.46 Å². The van der Waals surface area contributed by atoms with E-state index in [-0.39, 0.29) is 17.2 Å². The van der Waals surface area contributed by atoms with Crippen LogP contribution in [0.1, 0.15) is 59.9 Å². The average Bonchev–Trinajstić information content (AvgIpc) is 3.00. The molecule has 5 nitrogen and oxygen atoms in total. The van der Waals surface area contributed by atoms with E-state index < -0.39 is 12.7 Å². The zero-order valence-corrected chi connectivity index (χ0v) is 18.0. The molecule has 0 saturated carbocycles. The number of benzene rings is 1. The van der Waals surface area contributed by atoms with Crippen molar-refractivity contribution in [3.05, 3.63) is 23.2 Å². The third kappa shape index (κ3) is 4.53. The summed E-state index contributed by atoms with van der Waals surface area (Å²) in [6.45, 7) is 13.8. The maximum atomic E-state index is 11.9. The second kappa shape index (κ2) is 6.87. The van der Waals surface area contributed by atoms with Crippen LogP contribution in [0.25, 0.3) is 10.2 Å². The number of aromatic nitrogens is 1. The maximum Gasteiger partial charge on any atom is 0.494 e. The van der Waals surface area contributed by atoms with Crippen LogP contribution in [0.15, 0.2) is 18.2 Å². The molecule has 0 atom stereocenters. The molecule has 1 saturated heterocycles. The predicted octanol–water partition coefficient (Wildman–Crippen LogP) is 3.87. The number of thiazole rings is 1. The third-order valence-corrected chi connectivity index (χ3v) is 6.04. The van der Waals surface area contributed by atoms with E-state index in [4.69, 9.17) is 14.0 Å². The summed E-state index contributed by atoms with van der Waals surface area (Å²) in [5, 5.41) is 0.932. The second-order valence-corrected chi connectivity index (χ2v) is 10.1. The van der Waals surface area contributed by atoms with Crippen molar-refractivity contribution in [2.24, 2.45) is 0 Å². The standard InChI is InChI=1S/C20H28BNO4S/c1-18(2,3)24-17(23)11-10-16-22-14-12-13(8-9-15(14)27-16)21-25-19(4,5)20(6,7)26-21/h8-9,12H,10-11H2,1-7H3. The van der Waals surface area contributed by atoms with Crippen molar-refractivity contribution < 1.29 is 18.8 Å². The minimum absolute atomic E-state index is 0.195. The van der Waals surface area contributed by atoms with Crippen LogP contribution in [0, 0.1) is 0 Å². The van der Waals surface area contributed by atoms with Gasteiger partial charge < -0.3 is 14.0 Å². The molecule has 146 valence electrons. The van der Waals surface area contributed by atoms with Gasteiger partial charge in [0.25, 0.3) is 0 Å². The molecule has 0 N–H and O–H groups in total. The maximum absolute atomic E-state index is 11.9. The Labute approximate surface area is 165 Å². The molecule has 7 heteroatoms. The predicted molar refractivity (Wildman–Crippen MR) is 110 cm³/mol. The number of rotatable bonds is 4. The van der Waals surface area contributed by atoms with E-state index in [1.165, 1.54) is 0 Å². The lowest BCUT2D eigenvalue weighted by atomic mass is 9.79. The van der Waals surface area contributed by atoms with E-state index in [1.54, 1.807) is 11.3 Å². The normalized spacial score (nSPS) is 18.9. The van der Waals surface area contributed by atoms with Crippen molar-refractivity contribution >= 4 is 40.1 Å². The smallest absolute Gasteiger partial charge is 0.460 e. The highest BCUT2D eigenvalue weighted by atomic mass is 32.1. The summed E-state index contributed by atoms with van der Waals surface area (Å²) in [5.74, 6) is -0.195. The van der Waals surface area contributed by atoms with Gasteiger partial charge in [0.15, 0.2) is 0 Å². The molecule has 3 rings (SSSR count). The molecule has 1 aromatic heterocycles. The van der Waals surface area contributed by atoms with Crippen molar-refractivity contribution in [3.63, 3.8) is 0 Å². The Morgan fingerprint density at radius 1 is 1.19 bits per heavy atom. The first kappa shape index (κ1) is 20.3. The van der Waals surface area contributed by atoms with E-state index in [2.05, 4.69) is 4.98 Å². The lowest BCUT2D eigenvalue weighted by Crippen LogP contribution is -2.41. The van der Waals surface area contributed by atoms with Crippen molar-refractivity contribution in [3.8, 4) is 0 Å². The topological polar surface area (TPSA) is 57.7 Å². The number of carbonyl (C=O) groups excluding carboxylic acids is 1. The zero-order valence-electron chi connectivity index (χ0n) is 17.2. The molecule has 0 amide bonds. The lowest BCUT2D eigenvalue weighted by molar-refractivity contribution is -0.154. The average molecular weight is 389 g/mol. The van der Waals surface area contributed by atoms with Gasteiger partial charge in [-0.2, -0.15) is 0 Å². The molecule has 0 unspecified atom stereocenters. The van der Waals surface area contributed by atoms with Gasteiger partial charge in [-0.3, -0.25) is 4.79 Å². The molecule has 27 heavy (non-hydrogen) atoms. The van der Waals surface area contributed by atoms with Gasteiger partial charge in [0.2, 0.25) is 0 Å². The summed E-state index contributed by atoms with van der Waals surface area (Å²) in [6, 6.07) is 6.09. The van der Waals surface area contributed by atoms with Crippen molar-refractivity contribution in [1.82, 2.24) is 4.98 Å². The largest absolute Gasteiger partial charge is 0.494 e. The molecule has 0 bridgehead atoms. The quantitative estimate of drug-likeness (QED) is 0.587. The van der Waals surface area contributed by atoms with E-state index in [9.17, 15) is 4.79 Å². The molecule has 0 spiro atoms. The second-order valence-electron chi connectivity index (χ2n) is 9.01. The Morgan fingerprint density at radius 2 is 1.81 bits per heavy atom. The van der Waals surface area contributed by atoms with Crippen LogP contribution in [0.5, 0.6) is 0 Å². The van der Waals surface area contributed by atoms with E-state index in [0.717, 1.165) is 20.7 Å². The highest BCUT2D eigenvalue weighted by molar-refractivity contribution is 7.18. The van der Waals surface area contributed by atoms with Crippen LogP contribution in [0.3, 0.4) is 0 Å². The lowest BCUT2D eigenvalue weighted by Gasteiger charge is -2.32. The van der Waals surface area contributed by atoms with Crippen LogP contribution in [-0.2, 0) is 25.3 Å². The van der Waals surface area contributed by atoms with Gasteiger partial charge >= 0.3 is 13.1 Å². The van der Waals surface area contributed by atoms with Crippen LogP contribution in [-0.4, -0.2) is 34.9 Å². The van der Waals surface area contributed by atoms with E-state index in [0.29, 0.717) is 12.8 Å². The number of ether oxygens (including phenoxy) is 1. The fourth-order valence-corrected chi connectivity index (χ4v) is 3.77. The van der Waals surface area contributed by atoms with Gasteiger partial charge in [0.05, 0.1) is 32.8 Å². The van der Waals surface area contributed by atoms with Crippen LogP contribution >= 0.6 is 11.3 Å². The molecule has 2 heterocycles. The number of aryl methyl sites for hydroxylation is 1. The Morgan fingerprint density at radius 3 is 2.41 bits per heavy atom. The number of carbonyl (C=O) groups is 1. The summed E-state index contributed by atoms with van der Waals surface area (Å²) >= 11 is 1.61. The molecule has 1 aliphatic heterocycles. The van der Waals surface area contributed by atoms with Gasteiger partial charge in [-0.05, 0) is 66.1 Å². The number of esters is 1. The molecule has 1 aliphatic rings. The first-order chi connectivity index (χ1) is 12.4. The first-order valence-electron chi connectivity index (χ1n) is 9.33. The minimum Gasteiger partial charge on any atom is -0.460 e. The highest BCUT2D eigenvalue weighted by Crippen LogP contribution is 2.36. The summed E-state index contributed by atoms with van der Waals surface area (Å²) in [5.41, 5.74) is 0.680. The Bertz CT molecular complexity index is 837. The summed E-state index contributed by atoms with van der Waals surface area (Å²) in [4.78, 5) is 16.6. The van der Waals surface area contributed by atoms with Gasteiger partial charge in [0, 0.05) is 6.42 Å². The van der Waals surface area contributed by atoms with E-state index in [1.807, 2.05) is 66.7 Å². The fourth-order valence-electron chi connectivity index (χ4n) is 2.83.